The van der Waals surface area contributed by atoms with Gasteiger partial charge in [0.2, 0.25) is 5.91 Å². The van der Waals surface area contributed by atoms with Crippen LogP contribution in [0.4, 0.5) is 4.79 Å². The molecule has 5 rings (SSSR count). The van der Waals surface area contributed by atoms with Gasteiger partial charge in [0, 0.05) is 18.5 Å². The van der Waals surface area contributed by atoms with Gasteiger partial charge in [0.1, 0.15) is 0 Å². The molecule has 1 aromatic rings. The zero-order valence-electron chi connectivity index (χ0n) is 14.6. The highest BCUT2D eigenvalue weighted by Crippen LogP contribution is 2.46. The number of hydrogen-bond acceptors (Lipinski definition) is 3. The van der Waals surface area contributed by atoms with Gasteiger partial charge < -0.3 is 16.0 Å². The molecule has 4 fully saturated rings. The van der Waals surface area contributed by atoms with E-state index >= 15 is 0 Å². The molecule has 25 heavy (non-hydrogen) atoms. The molecule has 4 aliphatic heterocycles. The second-order valence-electron chi connectivity index (χ2n) is 7.64. The summed E-state index contributed by atoms with van der Waals surface area (Å²) in [5.74, 6) is 0.895. The predicted octanol–water partition coefficient (Wildman–Crippen LogP) is 1.05. The number of carbonyl (C=O) groups is 2. The maximum Gasteiger partial charge on any atom is 0.312 e. The van der Waals surface area contributed by atoms with Gasteiger partial charge in [0.15, 0.2) is 0 Å². The summed E-state index contributed by atoms with van der Waals surface area (Å²) in [6.07, 6.45) is 2.32. The Kier molecular flexibility index (Phi) is 4.15. The lowest BCUT2D eigenvalue weighted by Gasteiger charge is -2.51. The standard InChI is InChI=1S/C19H26N4O2/c1-12-2-4-13(5-3-12)15-11-23(16(24)10-21-19(20)25)17-14-6-8-22(9-7-14)18(15)17/h2-5,14-15,17-18H,6-11H2,1H3,(H3,20,21,25)/t15-,17-,18-/m1/s1. The molecule has 0 unspecified atom stereocenters. The number of fused-ring (bicyclic) bond motifs is 2. The van der Waals surface area contributed by atoms with Gasteiger partial charge in [0.05, 0.1) is 12.6 Å². The van der Waals surface area contributed by atoms with Crippen molar-refractivity contribution in [2.24, 2.45) is 11.7 Å². The van der Waals surface area contributed by atoms with E-state index in [2.05, 4.69) is 41.4 Å². The fourth-order valence-electron chi connectivity index (χ4n) is 5.08. The third-order valence-electron chi connectivity index (χ3n) is 6.23. The molecule has 4 aliphatic rings. The lowest BCUT2D eigenvalue weighted by atomic mass is 9.75. The number of nitrogens with two attached hydrogens (primary N) is 1. The third-order valence-corrected chi connectivity index (χ3v) is 6.23. The van der Waals surface area contributed by atoms with Gasteiger partial charge in [-0.2, -0.15) is 0 Å². The summed E-state index contributed by atoms with van der Waals surface area (Å²) in [6, 6.07) is 8.73. The minimum Gasteiger partial charge on any atom is -0.352 e. The molecule has 0 saturated carbocycles. The quantitative estimate of drug-likeness (QED) is 0.862. The summed E-state index contributed by atoms with van der Waals surface area (Å²) in [5, 5.41) is 2.46. The fraction of sp³-hybridized carbons (Fsp3) is 0.579. The summed E-state index contributed by atoms with van der Waals surface area (Å²) >= 11 is 0. The van der Waals surface area contributed by atoms with Gasteiger partial charge in [-0.25, -0.2) is 4.79 Å². The number of hydrogen-bond donors (Lipinski definition) is 2. The van der Waals surface area contributed by atoms with Crippen molar-refractivity contribution in [1.82, 2.24) is 15.1 Å². The summed E-state index contributed by atoms with van der Waals surface area (Å²) in [5.41, 5.74) is 7.70. The monoisotopic (exact) mass is 342 g/mol. The van der Waals surface area contributed by atoms with Crippen LogP contribution in [-0.2, 0) is 4.79 Å². The Morgan fingerprint density at radius 1 is 1.16 bits per heavy atom. The third kappa shape index (κ3) is 2.88. The Labute approximate surface area is 148 Å². The maximum absolute atomic E-state index is 12.7. The van der Waals surface area contributed by atoms with Gasteiger partial charge in [-0.3, -0.25) is 9.69 Å². The van der Waals surface area contributed by atoms with Crippen LogP contribution in [0.3, 0.4) is 0 Å². The lowest BCUT2D eigenvalue weighted by Crippen LogP contribution is -2.61. The molecule has 6 nitrogen and oxygen atoms in total. The molecular weight excluding hydrogens is 316 g/mol. The normalized spacial score (nSPS) is 33.2. The van der Waals surface area contributed by atoms with E-state index in [1.807, 2.05) is 4.90 Å². The number of nitrogens with zero attached hydrogens (tertiary/aromatic N) is 2. The molecule has 0 aliphatic carbocycles. The molecule has 4 heterocycles. The molecule has 4 saturated heterocycles. The highest BCUT2D eigenvalue weighted by Gasteiger charge is 2.54. The lowest BCUT2D eigenvalue weighted by molar-refractivity contribution is -0.134. The van der Waals surface area contributed by atoms with Gasteiger partial charge >= 0.3 is 6.03 Å². The highest BCUT2D eigenvalue weighted by molar-refractivity contribution is 5.84. The van der Waals surface area contributed by atoms with Crippen LogP contribution in [0.25, 0.3) is 0 Å². The van der Waals surface area contributed by atoms with Crippen molar-refractivity contribution in [2.75, 3.05) is 26.2 Å². The fourth-order valence-corrected chi connectivity index (χ4v) is 5.08. The summed E-state index contributed by atoms with van der Waals surface area (Å²) in [4.78, 5) is 28.3. The van der Waals surface area contributed by atoms with Crippen LogP contribution in [0.2, 0.25) is 0 Å². The molecule has 0 radical (unpaired) electrons. The molecule has 3 amide bonds. The van der Waals surface area contributed by atoms with E-state index in [4.69, 9.17) is 5.73 Å². The number of likely N-dealkylation sites (tertiary alicyclic amines) is 1. The molecule has 1 aromatic carbocycles. The Hall–Kier alpha value is -2.08. The van der Waals surface area contributed by atoms with Crippen molar-refractivity contribution in [3.05, 3.63) is 35.4 Å². The Morgan fingerprint density at radius 2 is 1.84 bits per heavy atom. The smallest absolute Gasteiger partial charge is 0.312 e. The maximum atomic E-state index is 12.7. The summed E-state index contributed by atoms with van der Waals surface area (Å²) in [7, 11) is 0. The van der Waals surface area contributed by atoms with Crippen LogP contribution in [0.1, 0.15) is 29.9 Å². The number of primary amides is 1. The van der Waals surface area contributed by atoms with Crippen molar-refractivity contribution in [3.8, 4) is 0 Å². The summed E-state index contributed by atoms with van der Waals surface area (Å²) < 4.78 is 0. The minimum atomic E-state index is -0.645. The van der Waals surface area contributed by atoms with Crippen LogP contribution in [0, 0.1) is 12.8 Å². The molecule has 6 heteroatoms. The number of nitrogens with one attached hydrogen (secondary N) is 1. The summed E-state index contributed by atoms with van der Waals surface area (Å²) in [6.45, 7) is 5.08. The van der Waals surface area contributed by atoms with E-state index in [9.17, 15) is 9.59 Å². The van der Waals surface area contributed by atoms with Crippen molar-refractivity contribution in [1.29, 1.82) is 0 Å². The number of urea groups is 1. The average Bonchev–Trinajstić information content (AvgIpc) is 3.04. The Balaban J connectivity index is 1.62. The van der Waals surface area contributed by atoms with Crippen molar-refractivity contribution >= 4 is 11.9 Å². The van der Waals surface area contributed by atoms with Crippen LogP contribution >= 0.6 is 0 Å². The van der Waals surface area contributed by atoms with Crippen molar-refractivity contribution < 1.29 is 9.59 Å². The minimum absolute atomic E-state index is 0.00804. The number of rotatable bonds is 3. The predicted molar refractivity (Wildman–Crippen MR) is 95.1 cm³/mol. The van der Waals surface area contributed by atoms with Gasteiger partial charge in [-0.15, -0.1) is 0 Å². The number of carbonyl (C=O) groups excluding carboxylic acids is 2. The number of benzene rings is 1. The van der Waals surface area contributed by atoms with E-state index in [0.29, 0.717) is 17.9 Å². The Bertz CT molecular complexity index is 667. The first kappa shape index (κ1) is 16.4. The highest BCUT2D eigenvalue weighted by atomic mass is 16.2. The molecule has 2 bridgehead atoms. The largest absolute Gasteiger partial charge is 0.352 e. The first-order valence-corrected chi connectivity index (χ1v) is 9.18. The molecule has 3 N–H and O–H groups in total. The van der Waals surface area contributed by atoms with Crippen LogP contribution in [0.5, 0.6) is 0 Å². The van der Waals surface area contributed by atoms with Crippen molar-refractivity contribution in [2.45, 2.75) is 37.8 Å². The second kappa shape index (κ2) is 6.33. The average molecular weight is 342 g/mol. The van der Waals surface area contributed by atoms with E-state index in [-0.39, 0.29) is 18.5 Å². The number of amides is 3. The molecule has 0 spiro atoms. The van der Waals surface area contributed by atoms with Gasteiger partial charge in [-0.1, -0.05) is 29.8 Å². The van der Waals surface area contributed by atoms with Gasteiger partial charge in [-0.05, 0) is 44.3 Å². The Morgan fingerprint density at radius 3 is 2.48 bits per heavy atom. The SMILES string of the molecule is Cc1ccc([C@H]2CN(C(=O)CNC(N)=O)[C@@H]3C4CCN(CC4)[C@H]23)cc1. The van der Waals surface area contributed by atoms with E-state index in [0.717, 1.165) is 32.5 Å². The van der Waals surface area contributed by atoms with E-state index < -0.39 is 6.03 Å². The van der Waals surface area contributed by atoms with Crippen LogP contribution < -0.4 is 11.1 Å². The number of piperidine rings is 3. The zero-order valence-corrected chi connectivity index (χ0v) is 14.6. The van der Waals surface area contributed by atoms with Crippen LogP contribution in [0.15, 0.2) is 24.3 Å². The topological polar surface area (TPSA) is 78.7 Å². The number of aryl methyl sites for hydroxylation is 1. The first-order chi connectivity index (χ1) is 12.0. The van der Waals surface area contributed by atoms with Crippen molar-refractivity contribution in [3.63, 3.8) is 0 Å². The molecule has 134 valence electrons. The van der Waals surface area contributed by atoms with E-state index in [1.54, 1.807) is 0 Å². The van der Waals surface area contributed by atoms with E-state index in [1.165, 1.54) is 11.1 Å². The van der Waals surface area contributed by atoms with Gasteiger partial charge in [0.25, 0.3) is 0 Å². The zero-order chi connectivity index (χ0) is 17.6. The first-order valence-electron chi connectivity index (χ1n) is 9.18. The molecule has 3 atom stereocenters. The molecular formula is C19H26N4O2. The van der Waals surface area contributed by atoms with Crippen LogP contribution in [-0.4, -0.2) is 60.0 Å². The molecule has 0 aromatic heterocycles. The second-order valence-corrected chi connectivity index (χ2v) is 7.64.